The van der Waals surface area contributed by atoms with Gasteiger partial charge >= 0.3 is 5.97 Å². The number of hydrogen-bond donors (Lipinski definition) is 1. The molecule has 2 aromatic rings. The number of aromatic nitrogens is 1. The second-order valence-corrected chi connectivity index (χ2v) is 9.29. The molecular formula is C25H32N2O3. The average molecular weight is 409 g/mol. The molecular weight excluding hydrogens is 376 g/mol. The van der Waals surface area contributed by atoms with Gasteiger partial charge in [0.15, 0.2) is 6.61 Å². The van der Waals surface area contributed by atoms with E-state index in [2.05, 4.69) is 26.1 Å². The molecule has 2 aliphatic rings. The lowest BCUT2D eigenvalue weighted by atomic mass is 9.78. The summed E-state index contributed by atoms with van der Waals surface area (Å²) >= 11 is 0. The van der Waals surface area contributed by atoms with Crippen LogP contribution in [0.15, 0.2) is 24.3 Å². The first kappa shape index (κ1) is 20.8. The first-order valence-electron chi connectivity index (χ1n) is 11.3. The molecule has 0 bridgehead atoms. The summed E-state index contributed by atoms with van der Waals surface area (Å²) in [6.07, 6.45) is 6.10. The van der Waals surface area contributed by atoms with Gasteiger partial charge in [-0.2, -0.15) is 0 Å². The molecule has 0 saturated heterocycles. The summed E-state index contributed by atoms with van der Waals surface area (Å²) < 4.78 is 5.52. The molecule has 1 fully saturated rings. The largest absolute Gasteiger partial charge is 0.452 e. The molecule has 30 heavy (non-hydrogen) atoms. The highest BCUT2D eigenvalue weighted by Crippen LogP contribution is 2.32. The van der Waals surface area contributed by atoms with Gasteiger partial charge in [0.2, 0.25) is 0 Å². The molecule has 1 saturated carbocycles. The Morgan fingerprint density at radius 3 is 2.77 bits per heavy atom. The third-order valence-corrected chi connectivity index (χ3v) is 7.10. The van der Waals surface area contributed by atoms with Gasteiger partial charge in [-0.1, -0.05) is 51.8 Å². The van der Waals surface area contributed by atoms with Crippen LogP contribution in [-0.2, 0) is 22.4 Å². The van der Waals surface area contributed by atoms with Crippen molar-refractivity contribution >= 4 is 22.8 Å². The number of carbonyl (C=O) groups is 2. The van der Waals surface area contributed by atoms with Gasteiger partial charge in [-0.3, -0.25) is 9.78 Å². The second-order valence-electron chi connectivity index (χ2n) is 9.29. The Balaban J connectivity index is 1.51. The number of esters is 1. The van der Waals surface area contributed by atoms with Crippen LogP contribution in [0.2, 0.25) is 0 Å². The Morgan fingerprint density at radius 1 is 1.13 bits per heavy atom. The highest BCUT2D eigenvalue weighted by atomic mass is 16.5. The number of hydrogen-bond acceptors (Lipinski definition) is 4. The minimum atomic E-state index is -0.417. The molecule has 5 heteroatoms. The summed E-state index contributed by atoms with van der Waals surface area (Å²) in [4.78, 5) is 30.4. The highest BCUT2D eigenvalue weighted by Gasteiger charge is 2.29. The van der Waals surface area contributed by atoms with E-state index >= 15 is 0 Å². The number of pyridine rings is 1. The molecule has 160 valence electrons. The Hall–Kier alpha value is -2.43. The number of amides is 1. The van der Waals surface area contributed by atoms with Crippen LogP contribution in [0.1, 0.15) is 68.1 Å². The van der Waals surface area contributed by atoms with E-state index < -0.39 is 5.97 Å². The third kappa shape index (κ3) is 4.21. The fraction of sp³-hybridized carbons (Fsp3) is 0.560. The van der Waals surface area contributed by atoms with Gasteiger partial charge in [0.05, 0.1) is 11.1 Å². The lowest BCUT2D eigenvalue weighted by Crippen LogP contribution is -2.45. The van der Waals surface area contributed by atoms with Crippen molar-refractivity contribution in [2.45, 2.75) is 65.3 Å². The number of carbonyl (C=O) groups excluding carboxylic acids is 2. The van der Waals surface area contributed by atoms with Crippen LogP contribution in [0.3, 0.4) is 0 Å². The average Bonchev–Trinajstić information content (AvgIpc) is 2.73. The number of ether oxygens (including phenoxy) is 1. The number of aryl methyl sites for hydroxylation is 1. The van der Waals surface area contributed by atoms with Crippen molar-refractivity contribution in [3.05, 3.63) is 41.1 Å². The van der Waals surface area contributed by atoms with Crippen LogP contribution >= 0.6 is 0 Å². The number of nitrogens with one attached hydrogen (secondary N) is 1. The van der Waals surface area contributed by atoms with Crippen molar-refractivity contribution in [1.82, 2.24) is 10.3 Å². The number of para-hydroxylation sites is 1. The van der Waals surface area contributed by atoms with Gasteiger partial charge in [0, 0.05) is 17.1 Å². The molecule has 4 unspecified atom stereocenters. The van der Waals surface area contributed by atoms with Crippen LogP contribution in [-0.4, -0.2) is 29.5 Å². The maximum atomic E-state index is 13.1. The molecule has 5 nitrogen and oxygen atoms in total. The SMILES string of the molecule is CC1CCc2nc3ccccc3c(C(=O)OCC(=O)NC3CCCC(C)C3C)c2C1. The molecule has 2 aliphatic carbocycles. The minimum Gasteiger partial charge on any atom is -0.452 e. The zero-order valence-corrected chi connectivity index (χ0v) is 18.2. The quantitative estimate of drug-likeness (QED) is 0.759. The lowest BCUT2D eigenvalue weighted by Gasteiger charge is -2.34. The summed E-state index contributed by atoms with van der Waals surface area (Å²) in [6.45, 7) is 6.39. The Morgan fingerprint density at radius 2 is 1.93 bits per heavy atom. The van der Waals surface area contributed by atoms with Gasteiger partial charge < -0.3 is 10.1 Å². The Labute approximate surface area is 178 Å². The van der Waals surface area contributed by atoms with Gasteiger partial charge in [-0.05, 0) is 55.1 Å². The standard InChI is InChI=1S/C25H32N2O3/c1-15-11-12-22-19(13-15)24(18-8-4-5-9-21(18)26-22)25(29)30-14-23(28)27-20-10-6-7-16(2)17(20)3/h4-5,8-9,15-17,20H,6-7,10-14H2,1-3H3,(H,27,28). The predicted octanol–water partition coefficient (Wildman–Crippen LogP) is 4.46. The fourth-order valence-electron chi connectivity index (χ4n) is 5.03. The van der Waals surface area contributed by atoms with E-state index in [0.29, 0.717) is 23.3 Å². The molecule has 4 rings (SSSR count). The van der Waals surface area contributed by atoms with E-state index in [9.17, 15) is 9.59 Å². The molecule has 1 amide bonds. The highest BCUT2D eigenvalue weighted by molar-refractivity contribution is 6.05. The van der Waals surface area contributed by atoms with Crippen molar-refractivity contribution in [2.75, 3.05) is 6.61 Å². The van der Waals surface area contributed by atoms with Crippen LogP contribution < -0.4 is 5.32 Å². The zero-order valence-electron chi connectivity index (χ0n) is 18.2. The monoisotopic (exact) mass is 408 g/mol. The van der Waals surface area contributed by atoms with E-state index in [1.165, 1.54) is 6.42 Å². The summed E-state index contributed by atoms with van der Waals surface area (Å²) in [6, 6.07) is 7.86. The maximum Gasteiger partial charge on any atom is 0.339 e. The number of benzene rings is 1. The normalized spacial score (nSPS) is 26.1. The van der Waals surface area contributed by atoms with Crippen molar-refractivity contribution < 1.29 is 14.3 Å². The van der Waals surface area contributed by atoms with Crippen molar-refractivity contribution in [2.24, 2.45) is 17.8 Å². The molecule has 0 radical (unpaired) electrons. The van der Waals surface area contributed by atoms with Crippen molar-refractivity contribution in [3.8, 4) is 0 Å². The molecule has 1 aromatic carbocycles. The van der Waals surface area contributed by atoms with Gasteiger partial charge in [0.1, 0.15) is 0 Å². The number of fused-ring (bicyclic) bond motifs is 2. The van der Waals surface area contributed by atoms with Crippen LogP contribution in [0.5, 0.6) is 0 Å². The molecule has 1 heterocycles. The first-order valence-corrected chi connectivity index (χ1v) is 11.3. The fourth-order valence-corrected chi connectivity index (χ4v) is 5.03. The molecule has 1 N–H and O–H groups in total. The maximum absolute atomic E-state index is 13.1. The number of rotatable bonds is 4. The van der Waals surface area contributed by atoms with E-state index in [1.807, 2.05) is 24.3 Å². The van der Waals surface area contributed by atoms with E-state index in [1.54, 1.807) is 0 Å². The van der Waals surface area contributed by atoms with Crippen molar-refractivity contribution in [3.63, 3.8) is 0 Å². The van der Waals surface area contributed by atoms with Gasteiger partial charge in [0.25, 0.3) is 5.91 Å². The van der Waals surface area contributed by atoms with Crippen LogP contribution in [0.4, 0.5) is 0 Å². The summed E-state index contributed by atoms with van der Waals surface area (Å²) in [7, 11) is 0. The van der Waals surface area contributed by atoms with Crippen LogP contribution in [0, 0.1) is 17.8 Å². The van der Waals surface area contributed by atoms with Gasteiger partial charge in [-0.25, -0.2) is 4.79 Å². The second kappa shape index (κ2) is 8.75. The lowest BCUT2D eigenvalue weighted by molar-refractivity contribution is -0.125. The topological polar surface area (TPSA) is 68.3 Å². The predicted molar refractivity (Wildman–Crippen MR) is 117 cm³/mol. The molecule has 0 aliphatic heterocycles. The molecule has 1 aromatic heterocycles. The van der Waals surface area contributed by atoms with Gasteiger partial charge in [-0.15, -0.1) is 0 Å². The molecule has 0 spiro atoms. The first-order chi connectivity index (χ1) is 14.4. The molecule has 4 atom stereocenters. The minimum absolute atomic E-state index is 0.162. The Kier molecular flexibility index (Phi) is 6.07. The summed E-state index contributed by atoms with van der Waals surface area (Å²) in [5.74, 6) is 0.915. The Bertz CT molecular complexity index is 955. The van der Waals surface area contributed by atoms with Crippen LogP contribution in [0.25, 0.3) is 10.9 Å². The van der Waals surface area contributed by atoms with Crippen molar-refractivity contribution in [1.29, 1.82) is 0 Å². The summed E-state index contributed by atoms with van der Waals surface area (Å²) in [5.41, 5.74) is 3.39. The van der Waals surface area contributed by atoms with E-state index in [0.717, 1.165) is 54.3 Å². The zero-order chi connectivity index (χ0) is 21.3. The third-order valence-electron chi connectivity index (χ3n) is 7.10. The van der Waals surface area contributed by atoms with E-state index in [4.69, 9.17) is 9.72 Å². The summed E-state index contributed by atoms with van der Waals surface area (Å²) in [5, 5.41) is 3.89. The smallest absolute Gasteiger partial charge is 0.339 e. The number of nitrogens with zero attached hydrogens (tertiary/aromatic N) is 1. The van der Waals surface area contributed by atoms with E-state index in [-0.39, 0.29) is 18.6 Å².